The highest BCUT2D eigenvalue weighted by molar-refractivity contribution is 6.31. The zero-order valence-corrected chi connectivity index (χ0v) is 13.3. The average Bonchev–Trinajstić information content (AvgIpc) is 2.46. The lowest BCUT2D eigenvalue weighted by Crippen LogP contribution is -2.50. The molecule has 0 aliphatic carbocycles. The zero-order valence-electron chi connectivity index (χ0n) is 12.5. The second-order valence-corrected chi connectivity index (χ2v) is 5.69. The van der Waals surface area contributed by atoms with Crippen LogP contribution in [0.5, 0.6) is 5.75 Å². The van der Waals surface area contributed by atoms with Gasteiger partial charge in [0.25, 0.3) is 5.91 Å². The molecule has 0 heterocycles. The maximum Gasteiger partial charge on any atom is 0.342 e. The minimum Gasteiger partial charge on any atom is -0.507 e. The van der Waals surface area contributed by atoms with Crippen LogP contribution in [0, 0.1) is 17.2 Å². The molecule has 0 unspecified atom stereocenters. The number of halogens is 1. The van der Waals surface area contributed by atoms with E-state index in [0.29, 0.717) is 0 Å². The first-order chi connectivity index (χ1) is 10.2. The van der Waals surface area contributed by atoms with E-state index in [1.807, 2.05) is 6.07 Å². The van der Waals surface area contributed by atoms with Crippen LogP contribution in [0.3, 0.4) is 0 Å². The van der Waals surface area contributed by atoms with Gasteiger partial charge >= 0.3 is 5.97 Å². The van der Waals surface area contributed by atoms with Gasteiger partial charge in [-0.15, -0.1) is 0 Å². The molecule has 0 aliphatic rings. The summed E-state index contributed by atoms with van der Waals surface area (Å²) in [6.45, 7) is 4.61. The Balaban J connectivity index is 2.67. The third-order valence-electron chi connectivity index (χ3n) is 3.30. The van der Waals surface area contributed by atoms with Gasteiger partial charge in [-0.05, 0) is 31.0 Å². The van der Waals surface area contributed by atoms with Crippen molar-refractivity contribution in [2.24, 2.45) is 5.92 Å². The summed E-state index contributed by atoms with van der Waals surface area (Å²) in [5.41, 5.74) is -1.19. The Morgan fingerprint density at radius 1 is 1.50 bits per heavy atom. The number of phenolic OH excluding ortho intramolecular Hbond substituents is 1. The van der Waals surface area contributed by atoms with Crippen LogP contribution in [0.1, 0.15) is 31.1 Å². The quantitative estimate of drug-likeness (QED) is 0.809. The normalized spacial score (nSPS) is 13.1. The predicted octanol–water partition coefficient (Wildman–Crippen LogP) is 2.26. The standard InChI is InChI=1S/C15H17ClN2O4/c1-9(2)15(3,8-17)18-13(20)7-22-14(21)11-6-10(16)4-5-12(11)19/h4-6,9,19H,7H2,1-3H3,(H,18,20)/t15-/m1/s1. The minimum atomic E-state index is -1.05. The smallest absolute Gasteiger partial charge is 0.342 e. The van der Waals surface area contributed by atoms with Crippen molar-refractivity contribution in [2.45, 2.75) is 26.3 Å². The Hall–Kier alpha value is -2.26. The fraction of sp³-hybridized carbons (Fsp3) is 0.400. The molecule has 1 aromatic carbocycles. The second kappa shape index (κ2) is 7.14. The van der Waals surface area contributed by atoms with Crippen molar-refractivity contribution >= 4 is 23.5 Å². The molecule has 22 heavy (non-hydrogen) atoms. The Kier molecular flexibility index (Phi) is 5.77. The molecule has 0 bridgehead atoms. The van der Waals surface area contributed by atoms with Crippen LogP contribution in [0.2, 0.25) is 5.02 Å². The van der Waals surface area contributed by atoms with Gasteiger partial charge in [0.2, 0.25) is 0 Å². The van der Waals surface area contributed by atoms with E-state index in [0.717, 1.165) is 0 Å². The highest BCUT2D eigenvalue weighted by Gasteiger charge is 2.30. The second-order valence-electron chi connectivity index (χ2n) is 5.25. The SMILES string of the molecule is CC(C)[C@@](C)(C#N)NC(=O)COC(=O)c1cc(Cl)ccc1O. The highest BCUT2D eigenvalue weighted by atomic mass is 35.5. The Labute approximate surface area is 133 Å². The van der Waals surface area contributed by atoms with Crippen LogP contribution in [0.15, 0.2) is 18.2 Å². The number of hydrogen-bond donors (Lipinski definition) is 2. The number of ether oxygens (including phenoxy) is 1. The molecule has 0 aliphatic heterocycles. The Bertz CT molecular complexity index is 624. The van der Waals surface area contributed by atoms with Gasteiger partial charge in [0, 0.05) is 5.02 Å². The average molecular weight is 325 g/mol. The molecule has 0 radical (unpaired) electrons. The molecule has 2 N–H and O–H groups in total. The summed E-state index contributed by atoms with van der Waals surface area (Å²) in [5.74, 6) is -1.89. The molecule has 118 valence electrons. The summed E-state index contributed by atoms with van der Waals surface area (Å²) in [6.07, 6.45) is 0. The number of nitriles is 1. The minimum absolute atomic E-state index is 0.117. The molecule has 1 atom stereocenters. The predicted molar refractivity (Wildman–Crippen MR) is 80.4 cm³/mol. The molecule has 1 aromatic rings. The summed E-state index contributed by atoms with van der Waals surface area (Å²) < 4.78 is 4.82. The van der Waals surface area contributed by atoms with Gasteiger partial charge < -0.3 is 15.2 Å². The lowest BCUT2D eigenvalue weighted by Gasteiger charge is -2.27. The van der Waals surface area contributed by atoms with Crippen LogP contribution in [-0.4, -0.2) is 29.1 Å². The Morgan fingerprint density at radius 2 is 2.14 bits per heavy atom. The van der Waals surface area contributed by atoms with E-state index in [4.69, 9.17) is 21.6 Å². The molecule has 6 nitrogen and oxygen atoms in total. The summed E-state index contributed by atoms with van der Waals surface area (Å²) in [7, 11) is 0. The van der Waals surface area contributed by atoms with Crippen molar-refractivity contribution in [2.75, 3.05) is 6.61 Å². The van der Waals surface area contributed by atoms with Crippen LogP contribution >= 0.6 is 11.6 Å². The molecule has 0 saturated carbocycles. The largest absolute Gasteiger partial charge is 0.507 e. The number of carbonyl (C=O) groups excluding carboxylic acids is 2. The fourth-order valence-corrected chi connectivity index (χ4v) is 1.68. The number of nitrogens with zero attached hydrogens (tertiary/aromatic N) is 1. The molecule has 0 aromatic heterocycles. The van der Waals surface area contributed by atoms with Gasteiger partial charge in [0.15, 0.2) is 6.61 Å². The first kappa shape index (κ1) is 17.8. The molecule has 0 saturated heterocycles. The number of hydrogen-bond acceptors (Lipinski definition) is 5. The van der Waals surface area contributed by atoms with Crippen molar-refractivity contribution in [3.8, 4) is 11.8 Å². The van der Waals surface area contributed by atoms with Gasteiger partial charge in [0.1, 0.15) is 16.9 Å². The zero-order chi connectivity index (χ0) is 16.9. The number of phenols is 1. The van der Waals surface area contributed by atoms with E-state index in [1.165, 1.54) is 18.2 Å². The van der Waals surface area contributed by atoms with Crippen molar-refractivity contribution in [1.29, 1.82) is 5.26 Å². The molecule has 0 spiro atoms. The van der Waals surface area contributed by atoms with E-state index in [1.54, 1.807) is 20.8 Å². The van der Waals surface area contributed by atoms with Crippen molar-refractivity contribution in [1.82, 2.24) is 5.32 Å². The van der Waals surface area contributed by atoms with E-state index < -0.39 is 24.0 Å². The molecule has 1 rings (SSSR count). The number of esters is 1. The third-order valence-corrected chi connectivity index (χ3v) is 3.53. The van der Waals surface area contributed by atoms with Gasteiger partial charge in [-0.1, -0.05) is 25.4 Å². The first-order valence-electron chi connectivity index (χ1n) is 6.57. The highest BCUT2D eigenvalue weighted by Crippen LogP contribution is 2.22. The van der Waals surface area contributed by atoms with Gasteiger partial charge in [-0.2, -0.15) is 5.26 Å². The summed E-state index contributed by atoms with van der Waals surface area (Å²) >= 11 is 5.73. The van der Waals surface area contributed by atoms with Crippen molar-refractivity contribution in [3.63, 3.8) is 0 Å². The van der Waals surface area contributed by atoms with E-state index in [-0.39, 0.29) is 22.3 Å². The van der Waals surface area contributed by atoms with Gasteiger partial charge in [-0.3, -0.25) is 4.79 Å². The summed E-state index contributed by atoms with van der Waals surface area (Å²) in [6, 6.07) is 5.93. The molecule has 1 amide bonds. The maximum absolute atomic E-state index is 11.8. The number of aromatic hydroxyl groups is 1. The molecule has 7 heteroatoms. The number of carbonyl (C=O) groups is 2. The van der Waals surface area contributed by atoms with Crippen LogP contribution in [0.4, 0.5) is 0 Å². The lowest BCUT2D eigenvalue weighted by molar-refractivity contribution is -0.125. The topological polar surface area (TPSA) is 99.4 Å². The summed E-state index contributed by atoms with van der Waals surface area (Å²) in [4.78, 5) is 23.6. The van der Waals surface area contributed by atoms with Crippen LogP contribution < -0.4 is 5.32 Å². The van der Waals surface area contributed by atoms with E-state index in [2.05, 4.69) is 5.32 Å². The Morgan fingerprint density at radius 3 is 2.68 bits per heavy atom. The monoisotopic (exact) mass is 324 g/mol. The fourth-order valence-electron chi connectivity index (χ4n) is 1.51. The van der Waals surface area contributed by atoms with Crippen molar-refractivity contribution in [3.05, 3.63) is 28.8 Å². The van der Waals surface area contributed by atoms with Crippen molar-refractivity contribution < 1.29 is 19.4 Å². The number of benzene rings is 1. The van der Waals surface area contributed by atoms with Gasteiger partial charge in [0.05, 0.1) is 6.07 Å². The van der Waals surface area contributed by atoms with Crippen LogP contribution in [0.25, 0.3) is 0 Å². The van der Waals surface area contributed by atoms with E-state index >= 15 is 0 Å². The van der Waals surface area contributed by atoms with Crippen LogP contribution in [-0.2, 0) is 9.53 Å². The lowest BCUT2D eigenvalue weighted by atomic mass is 9.90. The van der Waals surface area contributed by atoms with Gasteiger partial charge in [-0.25, -0.2) is 4.79 Å². The van der Waals surface area contributed by atoms with E-state index in [9.17, 15) is 14.7 Å². The molecular weight excluding hydrogens is 308 g/mol. The number of rotatable bonds is 5. The molecule has 0 fully saturated rings. The maximum atomic E-state index is 11.8. The first-order valence-corrected chi connectivity index (χ1v) is 6.95. The number of nitrogens with one attached hydrogen (secondary N) is 1. The third kappa shape index (κ3) is 4.37. The molecular formula is C15H17ClN2O4. The number of amides is 1. The summed E-state index contributed by atoms with van der Waals surface area (Å²) in [5, 5.41) is 21.4.